The summed E-state index contributed by atoms with van der Waals surface area (Å²) < 4.78 is 0. The lowest BCUT2D eigenvalue weighted by Crippen LogP contribution is -2.10. The van der Waals surface area contributed by atoms with Crippen LogP contribution in [0, 0.1) is 0 Å². The van der Waals surface area contributed by atoms with E-state index in [9.17, 15) is 0 Å². The maximum absolute atomic E-state index is 5.44. The molecule has 0 fully saturated rings. The number of benzene rings is 7. The summed E-state index contributed by atoms with van der Waals surface area (Å²) in [6.45, 7) is 2.22. The Morgan fingerprint density at radius 3 is 1.96 bits per heavy atom. The lowest BCUT2D eigenvalue weighted by Gasteiger charge is -2.17. The molecule has 7 aromatic carbocycles. The van der Waals surface area contributed by atoms with Gasteiger partial charge in [0.1, 0.15) is 0 Å². The summed E-state index contributed by atoms with van der Waals surface area (Å²) in [5.41, 5.74) is 7.56. The SMILES string of the molecule is C/C1=C(/c2ccccc2)N=C(c2ccc3ccc4cnc5ccccc5c4c3c2)N=C(c2ccc3ccc4ccccc4c3c2)CC1. The first-order valence-corrected chi connectivity index (χ1v) is 16.2. The maximum atomic E-state index is 5.44. The van der Waals surface area contributed by atoms with E-state index in [4.69, 9.17) is 15.0 Å². The molecule has 1 aliphatic rings. The van der Waals surface area contributed by atoms with Crippen LogP contribution in [-0.2, 0) is 0 Å². The zero-order chi connectivity index (χ0) is 31.3. The normalized spacial score (nSPS) is 15.6. The molecule has 222 valence electrons. The Morgan fingerprint density at radius 2 is 1.11 bits per heavy atom. The number of para-hydroxylation sites is 1. The number of nitrogens with zero attached hydrogens (tertiary/aromatic N) is 3. The van der Waals surface area contributed by atoms with Crippen LogP contribution in [0.4, 0.5) is 0 Å². The van der Waals surface area contributed by atoms with E-state index in [1.807, 2.05) is 12.3 Å². The Morgan fingerprint density at radius 1 is 0.468 bits per heavy atom. The number of pyridine rings is 1. The fourth-order valence-electron chi connectivity index (χ4n) is 7.08. The highest BCUT2D eigenvalue weighted by Gasteiger charge is 2.17. The van der Waals surface area contributed by atoms with E-state index >= 15 is 0 Å². The third-order valence-electron chi connectivity index (χ3n) is 9.55. The molecule has 0 amide bonds. The Kier molecular flexibility index (Phi) is 6.50. The van der Waals surface area contributed by atoms with E-state index in [2.05, 4.69) is 140 Å². The molecule has 1 aliphatic heterocycles. The van der Waals surface area contributed by atoms with Gasteiger partial charge < -0.3 is 0 Å². The Hall–Kier alpha value is -5.93. The molecule has 0 bridgehead atoms. The second-order valence-corrected chi connectivity index (χ2v) is 12.5. The first-order valence-electron chi connectivity index (χ1n) is 16.2. The molecule has 3 heteroatoms. The van der Waals surface area contributed by atoms with Crippen LogP contribution in [0.1, 0.15) is 36.5 Å². The number of amidine groups is 1. The molecule has 1 aromatic heterocycles. The van der Waals surface area contributed by atoms with Crippen molar-refractivity contribution < 1.29 is 0 Å². The highest BCUT2D eigenvalue weighted by Crippen LogP contribution is 2.34. The topological polar surface area (TPSA) is 37.6 Å². The Labute approximate surface area is 273 Å². The first-order chi connectivity index (χ1) is 23.2. The zero-order valence-electron chi connectivity index (χ0n) is 26.1. The average Bonchev–Trinajstić information content (AvgIpc) is 3.13. The monoisotopic (exact) mass is 601 g/mol. The first kappa shape index (κ1) is 27.4. The highest BCUT2D eigenvalue weighted by molar-refractivity contribution is 6.22. The minimum Gasteiger partial charge on any atom is -0.256 e. The minimum absolute atomic E-state index is 0.730. The lowest BCUT2D eigenvalue weighted by molar-refractivity contribution is 1.00. The van der Waals surface area contributed by atoms with Crippen molar-refractivity contribution in [3.05, 3.63) is 168 Å². The van der Waals surface area contributed by atoms with Crippen LogP contribution < -0.4 is 0 Å². The molecule has 9 rings (SSSR count). The molecule has 0 N–H and O–H groups in total. The molecule has 3 nitrogen and oxygen atoms in total. The summed E-state index contributed by atoms with van der Waals surface area (Å²) >= 11 is 0. The van der Waals surface area contributed by atoms with Crippen LogP contribution in [0.2, 0.25) is 0 Å². The third kappa shape index (κ3) is 4.79. The molecule has 0 saturated carbocycles. The zero-order valence-corrected chi connectivity index (χ0v) is 26.1. The predicted molar refractivity (Wildman–Crippen MR) is 200 cm³/mol. The van der Waals surface area contributed by atoms with Gasteiger partial charge in [0, 0.05) is 33.5 Å². The van der Waals surface area contributed by atoms with Crippen LogP contribution in [0.5, 0.6) is 0 Å². The third-order valence-corrected chi connectivity index (χ3v) is 9.55. The molecule has 8 aromatic rings. The Bertz CT molecular complexity index is 2620. The standard InChI is InChI=1S/C44H31N3/c1-28-15-24-40(33-21-18-30-17-16-29-9-5-6-12-36(29)38(30)25-33)46-44(47-43(28)32-10-3-2-4-11-32)34-22-19-31-20-23-35-27-45-41-14-8-7-13-37(41)42(35)39(31)26-34/h2-14,16-23,25-27H,15,24H2,1H3/b43-28+,46-40?,47-44?. The largest absolute Gasteiger partial charge is 0.256 e. The lowest BCUT2D eigenvalue weighted by atomic mass is 9.94. The van der Waals surface area contributed by atoms with Gasteiger partial charge in [-0.15, -0.1) is 0 Å². The van der Waals surface area contributed by atoms with Crippen LogP contribution in [0.3, 0.4) is 0 Å². The molecule has 0 unspecified atom stereocenters. The summed E-state index contributed by atoms with van der Waals surface area (Å²) in [5, 5.41) is 10.8. The number of allylic oxidation sites excluding steroid dienone is 1. The number of aromatic nitrogens is 1. The summed E-state index contributed by atoms with van der Waals surface area (Å²) in [6, 6.07) is 49.7. The number of hydrogen-bond donors (Lipinski definition) is 0. The van der Waals surface area contributed by atoms with Gasteiger partial charge in [0.15, 0.2) is 5.84 Å². The van der Waals surface area contributed by atoms with Gasteiger partial charge in [-0.05, 0) is 81.4 Å². The van der Waals surface area contributed by atoms with E-state index in [1.54, 1.807) is 0 Å². The summed E-state index contributed by atoms with van der Waals surface area (Å²) in [5.74, 6) is 0.730. The maximum Gasteiger partial charge on any atom is 0.160 e. The second-order valence-electron chi connectivity index (χ2n) is 12.5. The predicted octanol–water partition coefficient (Wildman–Crippen LogP) is 11.3. The van der Waals surface area contributed by atoms with Gasteiger partial charge in [0.05, 0.1) is 16.9 Å². The van der Waals surface area contributed by atoms with E-state index < -0.39 is 0 Å². The average molecular weight is 602 g/mol. The molecule has 0 aliphatic carbocycles. The number of rotatable bonds is 3. The van der Waals surface area contributed by atoms with Crippen molar-refractivity contribution in [2.45, 2.75) is 19.8 Å². The van der Waals surface area contributed by atoms with E-state index in [0.717, 1.165) is 63.1 Å². The number of aliphatic imine (C=N–C) groups is 2. The van der Waals surface area contributed by atoms with Crippen LogP contribution >= 0.6 is 0 Å². The molecular formula is C44H31N3. The molecule has 0 spiro atoms. The molecule has 0 saturated heterocycles. The van der Waals surface area contributed by atoms with Crippen LogP contribution in [0.25, 0.3) is 59.7 Å². The summed E-state index contributed by atoms with van der Waals surface area (Å²) in [7, 11) is 0. The summed E-state index contributed by atoms with van der Waals surface area (Å²) in [6.07, 6.45) is 3.69. The molecule has 0 atom stereocenters. The van der Waals surface area contributed by atoms with Gasteiger partial charge in [0.2, 0.25) is 0 Å². The quantitative estimate of drug-likeness (QED) is 0.186. The van der Waals surface area contributed by atoms with Crippen molar-refractivity contribution >= 4 is 71.2 Å². The summed E-state index contributed by atoms with van der Waals surface area (Å²) in [4.78, 5) is 15.6. The smallest absolute Gasteiger partial charge is 0.160 e. The fourth-order valence-corrected chi connectivity index (χ4v) is 7.08. The van der Waals surface area contributed by atoms with Gasteiger partial charge in [-0.25, -0.2) is 9.98 Å². The van der Waals surface area contributed by atoms with Crippen LogP contribution in [0.15, 0.2) is 161 Å². The van der Waals surface area contributed by atoms with Crippen molar-refractivity contribution in [3.8, 4) is 0 Å². The van der Waals surface area contributed by atoms with E-state index in [1.165, 1.54) is 43.3 Å². The van der Waals surface area contributed by atoms with Gasteiger partial charge in [-0.3, -0.25) is 4.98 Å². The van der Waals surface area contributed by atoms with Crippen molar-refractivity contribution in [2.24, 2.45) is 9.98 Å². The second kappa shape index (κ2) is 11.1. The van der Waals surface area contributed by atoms with Crippen LogP contribution in [-0.4, -0.2) is 16.5 Å². The Balaban J connectivity index is 1.28. The van der Waals surface area contributed by atoms with Crippen molar-refractivity contribution in [1.82, 2.24) is 4.98 Å². The number of fused-ring (bicyclic) bond motifs is 8. The van der Waals surface area contributed by atoms with Crippen molar-refractivity contribution in [2.75, 3.05) is 0 Å². The molecular weight excluding hydrogens is 571 g/mol. The molecule has 0 radical (unpaired) electrons. The van der Waals surface area contributed by atoms with Gasteiger partial charge >= 0.3 is 0 Å². The van der Waals surface area contributed by atoms with E-state index in [-0.39, 0.29) is 0 Å². The molecule has 2 heterocycles. The van der Waals surface area contributed by atoms with Gasteiger partial charge in [-0.2, -0.15) is 0 Å². The highest BCUT2D eigenvalue weighted by atomic mass is 14.9. The number of hydrogen-bond acceptors (Lipinski definition) is 3. The minimum atomic E-state index is 0.730. The van der Waals surface area contributed by atoms with Crippen molar-refractivity contribution in [1.29, 1.82) is 0 Å². The van der Waals surface area contributed by atoms with Gasteiger partial charge in [-0.1, -0.05) is 121 Å². The molecule has 47 heavy (non-hydrogen) atoms. The van der Waals surface area contributed by atoms with Gasteiger partial charge in [0.25, 0.3) is 0 Å². The fraction of sp³-hybridized carbons (Fsp3) is 0.0682. The van der Waals surface area contributed by atoms with Crippen molar-refractivity contribution in [3.63, 3.8) is 0 Å². The van der Waals surface area contributed by atoms with E-state index in [0.29, 0.717) is 0 Å².